The van der Waals surface area contributed by atoms with E-state index >= 15 is 0 Å². The fourth-order valence-electron chi connectivity index (χ4n) is 0.971. The van der Waals surface area contributed by atoms with Crippen LogP contribution in [0, 0.1) is 0 Å². The summed E-state index contributed by atoms with van der Waals surface area (Å²) in [6.07, 6.45) is 2.64. The molecule has 0 fully saturated rings. The molecule has 2 nitrogen and oxygen atoms in total. The number of rotatable bonds is 1. The molecule has 0 aromatic heterocycles. The summed E-state index contributed by atoms with van der Waals surface area (Å²) in [6.45, 7) is 5.22. The average molecular weight is 127 g/mol. The van der Waals surface area contributed by atoms with Gasteiger partial charge in [-0.3, -0.25) is 0 Å². The molecule has 0 bridgehead atoms. The van der Waals surface area contributed by atoms with Gasteiger partial charge in [-0.1, -0.05) is 0 Å². The lowest BCUT2D eigenvalue weighted by molar-refractivity contribution is 0.336. The van der Waals surface area contributed by atoms with Crippen LogP contribution in [0.1, 0.15) is 20.3 Å². The first-order valence-electron chi connectivity index (χ1n) is 3.35. The van der Waals surface area contributed by atoms with Crippen molar-refractivity contribution in [1.82, 2.24) is 4.90 Å². The Morgan fingerprint density at radius 1 is 1.67 bits per heavy atom. The van der Waals surface area contributed by atoms with Crippen LogP contribution in [0.15, 0.2) is 12.0 Å². The molecule has 1 rings (SSSR count). The Bertz CT molecular complexity index is 129. The topological polar surface area (TPSA) is 23.5 Å². The molecule has 1 aliphatic heterocycles. The van der Waals surface area contributed by atoms with Gasteiger partial charge in [0.2, 0.25) is 0 Å². The summed E-state index contributed by atoms with van der Waals surface area (Å²) in [4.78, 5) is 2.13. The van der Waals surface area contributed by atoms with Crippen LogP contribution in [-0.4, -0.2) is 22.6 Å². The van der Waals surface area contributed by atoms with Gasteiger partial charge in [-0.25, -0.2) is 0 Å². The maximum absolute atomic E-state index is 8.97. The SMILES string of the molecule is CC(C)N1C=C(O)CC1. The van der Waals surface area contributed by atoms with Crippen LogP contribution in [0.2, 0.25) is 0 Å². The van der Waals surface area contributed by atoms with Crippen molar-refractivity contribution in [1.29, 1.82) is 0 Å². The highest BCUT2D eigenvalue weighted by Crippen LogP contribution is 2.13. The second-order valence-electron chi connectivity index (χ2n) is 2.70. The van der Waals surface area contributed by atoms with E-state index in [1.54, 1.807) is 0 Å². The number of hydrogen-bond donors (Lipinski definition) is 1. The van der Waals surface area contributed by atoms with Crippen LogP contribution in [0.25, 0.3) is 0 Å². The molecule has 0 atom stereocenters. The number of aliphatic hydroxyl groups excluding tert-OH is 1. The molecule has 0 aromatic rings. The van der Waals surface area contributed by atoms with Gasteiger partial charge in [0.05, 0.1) is 0 Å². The molecule has 0 aliphatic carbocycles. The molecule has 0 unspecified atom stereocenters. The van der Waals surface area contributed by atoms with Gasteiger partial charge < -0.3 is 10.0 Å². The van der Waals surface area contributed by atoms with Crippen molar-refractivity contribution in [2.75, 3.05) is 6.54 Å². The molecule has 0 amide bonds. The predicted molar refractivity (Wildman–Crippen MR) is 37.2 cm³/mol. The zero-order chi connectivity index (χ0) is 6.85. The smallest absolute Gasteiger partial charge is 0.110 e. The van der Waals surface area contributed by atoms with E-state index in [1.807, 2.05) is 6.20 Å². The van der Waals surface area contributed by atoms with Crippen LogP contribution in [-0.2, 0) is 0 Å². The van der Waals surface area contributed by atoms with E-state index in [2.05, 4.69) is 18.7 Å². The summed E-state index contributed by atoms with van der Waals surface area (Å²) in [7, 11) is 0. The maximum Gasteiger partial charge on any atom is 0.110 e. The highest BCUT2D eigenvalue weighted by atomic mass is 16.3. The highest BCUT2D eigenvalue weighted by molar-refractivity contribution is 4.99. The van der Waals surface area contributed by atoms with E-state index in [4.69, 9.17) is 5.11 Å². The normalized spacial score (nSPS) is 19.0. The maximum atomic E-state index is 8.97. The standard InChI is InChI=1S/C7H13NO/c1-6(2)8-4-3-7(9)5-8/h5-6,9H,3-4H2,1-2H3. The molecule has 0 aromatic carbocycles. The minimum Gasteiger partial charge on any atom is -0.511 e. The van der Waals surface area contributed by atoms with Crippen molar-refractivity contribution in [2.45, 2.75) is 26.3 Å². The van der Waals surface area contributed by atoms with Crippen LogP contribution >= 0.6 is 0 Å². The van der Waals surface area contributed by atoms with E-state index in [0.717, 1.165) is 13.0 Å². The first-order chi connectivity index (χ1) is 4.20. The highest BCUT2D eigenvalue weighted by Gasteiger charge is 2.12. The average Bonchev–Trinajstić information content (AvgIpc) is 2.14. The number of nitrogens with zero attached hydrogens (tertiary/aromatic N) is 1. The van der Waals surface area contributed by atoms with Gasteiger partial charge in [0.15, 0.2) is 0 Å². The van der Waals surface area contributed by atoms with Gasteiger partial charge in [-0.2, -0.15) is 0 Å². The molecule has 9 heavy (non-hydrogen) atoms. The molecule has 0 radical (unpaired) electrons. The van der Waals surface area contributed by atoms with Gasteiger partial charge >= 0.3 is 0 Å². The fraction of sp³-hybridized carbons (Fsp3) is 0.714. The van der Waals surface area contributed by atoms with E-state index in [9.17, 15) is 0 Å². The molecule has 0 spiro atoms. The zero-order valence-corrected chi connectivity index (χ0v) is 5.96. The molecule has 1 heterocycles. The zero-order valence-electron chi connectivity index (χ0n) is 5.96. The molecule has 2 heteroatoms. The summed E-state index contributed by atoms with van der Waals surface area (Å²) < 4.78 is 0. The van der Waals surface area contributed by atoms with Crippen molar-refractivity contribution in [2.24, 2.45) is 0 Å². The first kappa shape index (κ1) is 6.46. The summed E-state index contributed by atoms with van der Waals surface area (Å²) in [5.74, 6) is 0.517. The monoisotopic (exact) mass is 127 g/mol. The Labute approximate surface area is 55.8 Å². The first-order valence-corrected chi connectivity index (χ1v) is 3.35. The summed E-state index contributed by atoms with van der Waals surface area (Å²) in [6, 6.07) is 0.523. The molecular formula is C7H13NO. The summed E-state index contributed by atoms with van der Waals surface area (Å²) >= 11 is 0. The van der Waals surface area contributed by atoms with Gasteiger partial charge in [0.1, 0.15) is 5.76 Å². The lowest BCUT2D eigenvalue weighted by Crippen LogP contribution is -2.22. The number of aliphatic hydroxyl groups is 1. The van der Waals surface area contributed by atoms with E-state index in [-0.39, 0.29) is 0 Å². The molecule has 1 aliphatic rings. The molecule has 52 valence electrons. The van der Waals surface area contributed by atoms with Crippen LogP contribution in [0.4, 0.5) is 0 Å². The van der Waals surface area contributed by atoms with E-state index < -0.39 is 0 Å². The molecular weight excluding hydrogens is 114 g/mol. The predicted octanol–water partition coefficient (Wildman–Crippen LogP) is 1.50. The minimum absolute atomic E-state index is 0.517. The summed E-state index contributed by atoms with van der Waals surface area (Å²) in [5.41, 5.74) is 0. The second kappa shape index (κ2) is 2.29. The van der Waals surface area contributed by atoms with E-state index in [1.165, 1.54) is 0 Å². The van der Waals surface area contributed by atoms with Crippen molar-refractivity contribution in [3.05, 3.63) is 12.0 Å². The largest absolute Gasteiger partial charge is 0.511 e. The second-order valence-corrected chi connectivity index (χ2v) is 2.70. The Morgan fingerprint density at radius 3 is 2.56 bits per heavy atom. The van der Waals surface area contributed by atoms with Crippen molar-refractivity contribution in [3.63, 3.8) is 0 Å². The lowest BCUT2D eigenvalue weighted by Gasteiger charge is -2.18. The van der Waals surface area contributed by atoms with Crippen molar-refractivity contribution in [3.8, 4) is 0 Å². The lowest BCUT2D eigenvalue weighted by atomic mass is 10.3. The number of hydrogen-bond acceptors (Lipinski definition) is 2. The third-order valence-corrected chi connectivity index (χ3v) is 1.60. The van der Waals surface area contributed by atoms with Crippen LogP contribution in [0.5, 0.6) is 0 Å². The molecule has 0 saturated carbocycles. The molecule has 1 N–H and O–H groups in total. The van der Waals surface area contributed by atoms with Gasteiger partial charge in [0, 0.05) is 25.2 Å². The van der Waals surface area contributed by atoms with Crippen LogP contribution in [0.3, 0.4) is 0 Å². The minimum atomic E-state index is 0.517. The Kier molecular flexibility index (Phi) is 1.65. The molecule has 0 saturated heterocycles. The Balaban J connectivity index is 2.47. The van der Waals surface area contributed by atoms with Gasteiger partial charge in [-0.05, 0) is 13.8 Å². The third-order valence-electron chi connectivity index (χ3n) is 1.60. The van der Waals surface area contributed by atoms with Crippen LogP contribution < -0.4 is 0 Å². The Hall–Kier alpha value is -0.660. The van der Waals surface area contributed by atoms with Gasteiger partial charge in [0.25, 0.3) is 0 Å². The van der Waals surface area contributed by atoms with Gasteiger partial charge in [-0.15, -0.1) is 0 Å². The fourth-order valence-corrected chi connectivity index (χ4v) is 0.971. The quantitative estimate of drug-likeness (QED) is 0.577. The Morgan fingerprint density at radius 2 is 2.33 bits per heavy atom. The van der Waals surface area contributed by atoms with Crippen molar-refractivity contribution >= 4 is 0 Å². The summed E-state index contributed by atoms with van der Waals surface area (Å²) in [5, 5.41) is 8.97. The van der Waals surface area contributed by atoms with E-state index in [0.29, 0.717) is 11.8 Å². The third kappa shape index (κ3) is 1.37. The van der Waals surface area contributed by atoms with Crippen molar-refractivity contribution < 1.29 is 5.11 Å².